The van der Waals surface area contributed by atoms with E-state index in [9.17, 15) is 24.0 Å². The Hall–Kier alpha value is -3.43. The van der Waals surface area contributed by atoms with E-state index in [2.05, 4.69) is 28.2 Å². The first-order valence-corrected chi connectivity index (χ1v) is 19.1. The normalized spacial score (nSPS) is 11.4. The molecule has 49 heavy (non-hydrogen) atoms. The van der Waals surface area contributed by atoms with Crippen LogP contribution in [0, 0.1) is 0 Å². The second kappa shape index (κ2) is 30.6. The van der Waals surface area contributed by atoms with E-state index in [-0.39, 0.29) is 43.1 Å². The molecule has 0 saturated carbocycles. The molecule has 0 aliphatic carbocycles. The number of ether oxygens (including phenoxy) is 1. The summed E-state index contributed by atoms with van der Waals surface area (Å²) in [5, 5.41) is 11.3. The lowest BCUT2D eigenvalue weighted by atomic mass is 10.1. The van der Waals surface area contributed by atoms with Crippen molar-refractivity contribution in [2.24, 2.45) is 0 Å². The van der Waals surface area contributed by atoms with Crippen LogP contribution >= 0.6 is 0 Å². The first kappa shape index (κ1) is 43.6. The van der Waals surface area contributed by atoms with E-state index in [1.807, 2.05) is 30.3 Å². The molecular formula is C39H66N4O6. The van der Waals surface area contributed by atoms with E-state index < -0.39 is 12.0 Å². The van der Waals surface area contributed by atoms with Crippen molar-refractivity contribution in [2.45, 2.75) is 161 Å². The fraction of sp³-hybridized carbons (Fsp3) is 0.718. The third kappa shape index (κ3) is 27.1. The van der Waals surface area contributed by atoms with Gasteiger partial charge in [-0.15, -0.1) is 0 Å². The van der Waals surface area contributed by atoms with Gasteiger partial charge in [0.15, 0.2) is 0 Å². The summed E-state index contributed by atoms with van der Waals surface area (Å²) < 4.78 is 5.39. The summed E-state index contributed by atoms with van der Waals surface area (Å²) >= 11 is 0. The minimum absolute atomic E-state index is 0.00812. The Kier molecular flexibility index (Phi) is 27.2. The van der Waals surface area contributed by atoms with Crippen LogP contribution in [-0.4, -0.2) is 55.3 Å². The molecule has 1 aromatic carbocycles. The van der Waals surface area contributed by atoms with Gasteiger partial charge in [0, 0.05) is 39.4 Å². The minimum atomic E-state index is -0.995. The zero-order valence-corrected chi connectivity index (χ0v) is 30.6. The average Bonchev–Trinajstić information content (AvgIpc) is 3.08. The largest absolute Gasteiger partial charge is 0.461 e. The standard InChI is InChI=1S/C39H66N4O6/c1-3-4-5-6-7-8-9-10-11-12-13-21-30-42-39(48)35(31-38(47)49-32-34-24-17-14-18-25-34)43-37(46)27-20-16-23-29-41-36(45)26-19-15-22-28-40-33(2)44/h14,17-18,24-25,35H,3-13,15-16,19-23,26-32H2,1-2H3,(H,40,44)(H,41,45)(H,42,48)(H,43,46). The third-order valence-electron chi connectivity index (χ3n) is 8.45. The Morgan fingerprint density at radius 3 is 1.65 bits per heavy atom. The van der Waals surface area contributed by atoms with Crippen LogP contribution in [0.2, 0.25) is 0 Å². The van der Waals surface area contributed by atoms with Gasteiger partial charge in [-0.25, -0.2) is 0 Å². The van der Waals surface area contributed by atoms with Crippen molar-refractivity contribution in [3.05, 3.63) is 35.9 Å². The quantitative estimate of drug-likeness (QED) is 0.0500. The molecule has 278 valence electrons. The Labute approximate surface area is 296 Å². The van der Waals surface area contributed by atoms with Crippen molar-refractivity contribution < 1.29 is 28.7 Å². The van der Waals surface area contributed by atoms with E-state index in [4.69, 9.17) is 4.74 Å². The van der Waals surface area contributed by atoms with Crippen LogP contribution in [0.25, 0.3) is 0 Å². The molecule has 4 amide bonds. The van der Waals surface area contributed by atoms with Gasteiger partial charge in [0.25, 0.3) is 0 Å². The van der Waals surface area contributed by atoms with Crippen molar-refractivity contribution >= 4 is 29.6 Å². The molecule has 10 heteroatoms. The zero-order chi connectivity index (χ0) is 35.8. The van der Waals surface area contributed by atoms with Gasteiger partial charge in [0.05, 0.1) is 6.42 Å². The maximum absolute atomic E-state index is 13.0. The maximum Gasteiger partial charge on any atom is 0.308 e. The number of carbonyl (C=O) groups excluding carboxylic acids is 5. The monoisotopic (exact) mass is 686 g/mol. The molecule has 0 aliphatic heterocycles. The fourth-order valence-corrected chi connectivity index (χ4v) is 5.50. The van der Waals surface area contributed by atoms with Crippen LogP contribution in [0.15, 0.2) is 30.3 Å². The number of hydrogen-bond donors (Lipinski definition) is 4. The summed E-state index contributed by atoms with van der Waals surface area (Å²) in [5.41, 5.74) is 0.850. The lowest BCUT2D eigenvalue weighted by molar-refractivity contribution is -0.147. The Morgan fingerprint density at radius 1 is 0.592 bits per heavy atom. The van der Waals surface area contributed by atoms with Gasteiger partial charge >= 0.3 is 5.97 Å². The van der Waals surface area contributed by atoms with E-state index in [1.54, 1.807) is 0 Å². The highest BCUT2D eigenvalue weighted by Gasteiger charge is 2.24. The van der Waals surface area contributed by atoms with Crippen molar-refractivity contribution in [3.8, 4) is 0 Å². The molecule has 0 heterocycles. The van der Waals surface area contributed by atoms with Crippen LogP contribution in [0.5, 0.6) is 0 Å². The lowest BCUT2D eigenvalue weighted by Crippen LogP contribution is -2.48. The summed E-state index contributed by atoms with van der Waals surface area (Å²) in [5.74, 6) is -1.23. The molecule has 1 rings (SSSR count). The van der Waals surface area contributed by atoms with Crippen LogP contribution < -0.4 is 21.3 Å². The third-order valence-corrected chi connectivity index (χ3v) is 8.45. The topological polar surface area (TPSA) is 143 Å². The van der Waals surface area contributed by atoms with Crippen molar-refractivity contribution in [1.82, 2.24) is 21.3 Å². The van der Waals surface area contributed by atoms with Gasteiger partial charge < -0.3 is 26.0 Å². The van der Waals surface area contributed by atoms with E-state index in [0.29, 0.717) is 32.5 Å². The molecule has 0 aliphatic rings. The second-order valence-corrected chi connectivity index (χ2v) is 13.1. The van der Waals surface area contributed by atoms with Crippen LogP contribution in [0.4, 0.5) is 0 Å². The molecule has 4 N–H and O–H groups in total. The number of hydrogen-bond acceptors (Lipinski definition) is 6. The van der Waals surface area contributed by atoms with Crippen LogP contribution in [-0.2, 0) is 35.3 Å². The number of nitrogens with one attached hydrogen (secondary N) is 4. The highest BCUT2D eigenvalue weighted by molar-refractivity contribution is 5.90. The van der Waals surface area contributed by atoms with Crippen molar-refractivity contribution in [1.29, 1.82) is 0 Å². The van der Waals surface area contributed by atoms with E-state index in [0.717, 1.165) is 56.9 Å². The van der Waals surface area contributed by atoms with E-state index >= 15 is 0 Å². The predicted octanol–water partition coefficient (Wildman–Crippen LogP) is 6.80. The van der Waals surface area contributed by atoms with Gasteiger partial charge in [-0.1, -0.05) is 121 Å². The fourth-order valence-electron chi connectivity index (χ4n) is 5.50. The summed E-state index contributed by atoms with van der Waals surface area (Å²) in [6.45, 7) is 5.52. The van der Waals surface area contributed by atoms with Crippen LogP contribution in [0.1, 0.15) is 154 Å². The van der Waals surface area contributed by atoms with Crippen molar-refractivity contribution in [3.63, 3.8) is 0 Å². The van der Waals surface area contributed by atoms with E-state index in [1.165, 1.54) is 64.7 Å². The molecule has 0 radical (unpaired) electrons. The minimum Gasteiger partial charge on any atom is -0.461 e. The summed E-state index contributed by atoms with van der Waals surface area (Å²) in [4.78, 5) is 61.3. The van der Waals surface area contributed by atoms with Gasteiger partial charge in [-0.2, -0.15) is 0 Å². The Morgan fingerprint density at radius 2 is 1.08 bits per heavy atom. The average molecular weight is 687 g/mol. The van der Waals surface area contributed by atoms with Gasteiger partial charge in [0.2, 0.25) is 23.6 Å². The first-order valence-electron chi connectivity index (χ1n) is 19.1. The highest BCUT2D eigenvalue weighted by Crippen LogP contribution is 2.12. The molecule has 0 saturated heterocycles. The Balaban J connectivity index is 2.32. The number of benzene rings is 1. The summed E-state index contributed by atoms with van der Waals surface area (Å²) in [7, 11) is 0. The van der Waals surface area contributed by atoms with Crippen molar-refractivity contribution in [2.75, 3.05) is 19.6 Å². The molecule has 1 aromatic rings. The summed E-state index contributed by atoms with van der Waals surface area (Å²) in [6, 6.07) is 8.34. The molecule has 1 unspecified atom stereocenters. The maximum atomic E-state index is 13.0. The summed E-state index contributed by atoms with van der Waals surface area (Å²) in [6.07, 6.45) is 19.9. The molecule has 10 nitrogen and oxygen atoms in total. The smallest absolute Gasteiger partial charge is 0.308 e. The SMILES string of the molecule is CCCCCCCCCCCCCCNC(=O)C(CC(=O)OCc1ccccc1)NC(=O)CCCCCNC(=O)CCCCCNC(C)=O. The van der Waals surface area contributed by atoms with Gasteiger partial charge in [-0.3, -0.25) is 24.0 Å². The van der Waals surface area contributed by atoms with Gasteiger partial charge in [-0.05, 0) is 37.7 Å². The number of rotatable bonds is 31. The second-order valence-electron chi connectivity index (χ2n) is 13.1. The molecular weight excluding hydrogens is 620 g/mol. The molecule has 0 spiro atoms. The highest BCUT2D eigenvalue weighted by atomic mass is 16.5. The zero-order valence-electron chi connectivity index (χ0n) is 30.6. The first-order chi connectivity index (χ1) is 23.8. The molecule has 0 bridgehead atoms. The molecule has 1 atom stereocenters. The Bertz CT molecular complexity index is 1040. The number of amides is 4. The molecule has 0 aromatic heterocycles. The number of carbonyl (C=O) groups is 5. The lowest BCUT2D eigenvalue weighted by Gasteiger charge is -2.18. The number of esters is 1. The van der Waals surface area contributed by atoms with Crippen LogP contribution in [0.3, 0.4) is 0 Å². The number of unbranched alkanes of at least 4 members (excludes halogenated alkanes) is 15. The predicted molar refractivity (Wildman–Crippen MR) is 196 cm³/mol. The van der Waals surface area contributed by atoms with Gasteiger partial charge in [0.1, 0.15) is 12.6 Å². The molecule has 0 fully saturated rings.